The first-order chi connectivity index (χ1) is 9.24. The Kier molecular flexibility index (Phi) is 2.93. The van der Waals surface area contributed by atoms with Crippen molar-refractivity contribution >= 4 is 5.82 Å². The smallest absolute Gasteiger partial charge is 0.131 e. The van der Waals surface area contributed by atoms with E-state index in [9.17, 15) is 0 Å². The Morgan fingerprint density at radius 3 is 2.84 bits per heavy atom. The average molecular weight is 257 g/mol. The van der Waals surface area contributed by atoms with Gasteiger partial charge in [0, 0.05) is 11.6 Å². The number of nitrogen functional groups attached to an aromatic ring is 1. The summed E-state index contributed by atoms with van der Waals surface area (Å²) >= 11 is 0. The number of benzene rings is 1. The molecule has 3 rings (SSSR count). The maximum Gasteiger partial charge on any atom is 0.131 e. The Labute approximate surface area is 113 Å². The number of hydrogen-bond donors (Lipinski definition) is 1. The van der Waals surface area contributed by atoms with E-state index in [4.69, 9.17) is 10.5 Å². The highest BCUT2D eigenvalue weighted by Crippen LogP contribution is 2.40. The molecule has 2 aromatic rings. The van der Waals surface area contributed by atoms with Gasteiger partial charge in [-0.3, -0.25) is 0 Å². The third kappa shape index (κ3) is 2.07. The van der Waals surface area contributed by atoms with Gasteiger partial charge in [0.2, 0.25) is 0 Å². The molecule has 4 heteroatoms. The summed E-state index contributed by atoms with van der Waals surface area (Å²) in [6.07, 6.45) is 5.24. The molecule has 0 atom stereocenters. The fourth-order valence-electron chi connectivity index (χ4n) is 2.38. The van der Waals surface area contributed by atoms with Crippen LogP contribution in [0.1, 0.15) is 31.4 Å². The molecule has 0 saturated heterocycles. The lowest BCUT2D eigenvalue weighted by Gasteiger charge is -2.10. The SMILES string of the molecule is CCc1ccc(OC)c(-c2ncn(C3CC3)c2N)c1. The summed E-state index contributed by atoms with van der Waals surface area (Å²) in [7, 11) is 1.68. The summed E-state index contributed by atoms with van der Waals surface area (Å²) in [5, 5.41) is 0. The van der Waals surface area contributed by atoms with Crippen molar-refractivity contribution in [2.45, 2.75) is 32.2 Å². The monoisotopic (exact) mass is 257 g/mol. The number of rotatable bonds is 4. The van der Waals surface area contributed by atoms with Crippen molar-refractivity contribution in [2.24, 2.45) is 0 Å². The predicted molar refractivity (Wildman–Crippen MR) is 76.3 cm³/mol. The topological polar surface area (TPSA) is 53.1 Å². The molecule has 0 aliphatic heterocycles. The van der Waals surface area contributed by atoms with Crippen molar-refractivity contribution in [3.8, 4) is 17.0 Å². The van der Waals surface area contributed by atoms with Gasteiger partial charge in [0.1, 0.15) is 17.3 Å². The second-order valence-corrected chi connectivity index (χ2v) is 5.01. The third-order valence-corrected chi connectivity index (χ3v) is 3.70. The van der Waals surface area contributed by atoms with E-state index in [0.29, 0.717) is 6.04 Å². The molecule has 19 heavy (non-hydrogen) atoms. The second-order valence-electron chi connectivity index (χ2n) is 5.01. The molecule has 2 N–H and O–H groups in total. The van der Waals surface area contributed by atoms with Crippen molar-refractivity contribution in [2.75, 3.05) is 12.8 Å². The lowest BCUT2D eigenvalue weighted by Crippen LogP contribution is -2.00. The molecular formula is C15H19N3O. The minimum absolute atomic E-state index is 0.543. The van der Waals surface area contributed by atoms with Crippen LogP contribution in [0.15, 0.2) is 24.5 Å². The highest BCUT2D eigenvalue weighted by atomic mass is 16.5. The zero-order valence-corrected chi connectivity index (χ0v) is 11.4. The van der Waals surface area contributed by atoms with Gasteiger partial charge >= 0.3 is 0 Å². The average Bonchev–Trinajstić information content (AvgIpc) is 3.21. The fourth-order valence-corrected chi connectivity index (χ4v) is 2.38. The molecule has 1 aliphatic rings. The van der Waals surface area contributed by atoms with Crippen molar-refractivity contribution < 1.29 is 4.74 Å². The first kappa shape index (κ1) is 12.1. The van der Waals surface area contributed by atoms with Crippen molar-refractivity contribution in [1.82, 2.24) is 9.55 Å². The van der Waals surface area contributed by atoms with Crippen LogP contribution in [0.3, 0.4) is 0 Å². The number of methoxy groups -OCH3 is 1. The number of ether oxygens (including phenoxy) is 1. The quantitative estimate of drug-likeness (QED) is 0.916. The summed E-state index contributed by atoms with van der Waals surface area (Å²) in [5.74, 6) is 1.57. The zero-order valence-electron chi connectivity index (χ0n) is 11.4. The van der Waals surface area contributed by atoms with Crippen LogP contribution in [-0.4, -0.2) is 16.7 Å². The molecule has 1 fully saturated rings. The Bertz CT molecular complexity index is 599. The summed E-state index contributed by atoms with van der Waals surface area (Å²) in [4.78, 5) is 4.49. The van der Waals surface area contributed by atoms with Gasteiger partial charge in [0.25, 0.3) is 0 Å². The number of nitrogens with zero attached hydrogens (tertiary/aromatic N) is 2. The molecule has 0 spiro atoms. The molecule has 1 heterocycles. The van der Waals surface area contributed by atoms with Gasteiger partial charge in [-0.2, -0.15) is 0 Å². The molecule has 1 aromatic heterocycles. The van der Waals surface area contributed by atoms with Gasteiger partial charge < -0.3 is 15.0 Å². The number of aromatic nitrogens is 2. The first-order valence-corrected chi connectivity index (χ1v) is 6.74. The van der Waals surface area contributed by atoms with Crippen LogP contribution in [0.5, 0.6) is 5.75 Å². The molecule has 1 saturated carbocycles. The third-order valence-electron chi connectivity index (χ3n) is 3.70. The number of imidazole rings is 1. The molecule has 100 valence electrons. The Balaban J connectivity index is 2.09. The van der Waals surface area contributed by atoms with E-state index in [0.717, 1.165) is 29.2 Å². The first-order valence-electron chi connectivity index (χ1n) is 6.74. The van der Waals surface area contributed by atoms with Gasteiger partial charge in [0.05, 0.1) is 13.4 Å². The fraction of sp³-hybridized carbons (Fsp3) is 0.400. The zero-order chi connectivity index (χ0) is 13.4. The van der Waals surface area contributed by atoms with E-state index in [2.05, 4.69) is 28.6 Å². The number of nitrogens with two attached hydrogens (primary N) is 1. The molecule has 0 radical (unpaired) electrons. The number of aryl methyl sites for hydroxylation is 1. The van der Waals surface area contributed by atoms with Crippen LogP contribution >= 0.6 is 0 Å². The minimum atomic E-state index is 0.543. The van der Waals surface area contributed by atoms with E-state index >= 15 is 0 Å². The molecule has 4 nitrogen and oxygen atoms in total. The Morgan fingerprint density at radius 2 is 2.21 bits per heavy atom. The van der Waals surface area contributed by atoms with Crippen molar-refractivity contribution in [3.63, 3.8) is 0 Å². The largest absolute Gasteiger partial charge is 0.496 e. The van der Waals surface area contributed by atoms with Crippen molar-refractivity contribution in [3.05, 3.63) is 30.1 Å². The van der Waals surface area contributed by atoms with Gasteiger partial charge in [-0.15, -0.1) is 0 Å². The lowest BCUT2D eigenvalue weighted by atomic mass is 10.1. The van der Waals surface area contributed by atoms with Crippen LogP contribution in [0.25, 0.3) is 11.3 Å². The molecule has 0 bridgehead atoms. The Hall–Kier alpha value is -1.97. The van der Waals surface area contributed by atoms with E-state index in [-0.39, 0.29) is 0 Å². The van der Waals surface area contributed by atoms with E-state index < -0.39 is 0 Å². The minimum Gasteiger partial charge on any atom is -0.496 e. The summed E-state index contributed by atoms with van der Waals surface area (Å²) in [6, 6.07) is 6.73. The summed E-state index contributed by atoms with van der Waals surface area (Å²) in [5.41, 5.74) is 9.31. The molecule has 0 amide bonds. The van der Waals surface area contributed by atoms with Gasteiger partial charge in [0.15, 0.2) is 0 Å². The molecule has 0 unspecified atom stereocenters. The van der Waals surface area contributed by atoms with Crippen LogP contribution in [0.4, 0.5) is 5.82 Å². The van der Waals surface area contributed by atoms with Gasteiger partial charge in [-0.05, 0) is 37.0 Å². The molecular weight excluding hydrogens is 238 g/mol. The van der Waals surface area contributed by atoms with E-state index in [1.54, 1.807) is 7.11 Å². The lowest BCUT2D eigenvalue weighted by molar-refractivity contribution is 0.416. The standard InChI is InChI=1S/C15H19N3O/c1-3-10-4-7-13(19-2)12(8-10)14-15(16)18(9-17-14)11-5-6-11/h4,7-9,11H,3,5-6,16H2,1-2H3. The normalized spacial score (nSPS) is 14.6. The second kappa shape index (κ2) is 4.61. The summed E-state index contributed by atoms with van der Waals surface area (Å²) < 4.78 is 7.51. The van der Waals surface area contributed by atoms with Crippen molar-refractivity contribution in [1.29, 1.82) is 0 Å². The predicted octanol–water partition coefficient (Wildman–Crippen LogP) is 3.04. The van der Waals surface area contributed by atoms with E-state index in [1.807, 2.05) is 12.4 Å². The van der Waals surface area contributed by atoms with Gasteiger partial charge in [-0.1, -0.05) is 13.0 Å². The number of hydrogen-bond acceptors (Lipinski definition) is 3. The van der Waals surface area contributed by atoms with Gasteiger partial charge in [-0.25, -0.2) is 4.98 Å². The van der Waals surface area contributed by atoms with Crippen LogP contribution in [0, 0.1) is 0 Å². The maximum absolute atomic E-state index is 6.24. The number of anilines is 1. The Morgan fingerprint density at radius 1 is 1.42 bits per heavy atom. The van der Waals surface area contributed by atoms with Crippen LogP contribution in [-0.2, 0) is 6.42 Å². The maximum atomic E-state index is 6.24. The molecule has 1 aromatic carbocycles. The van der Waals surface area contributed by atoms with E-state index in [1.165, 1.54) is 18.4 Å². The summed E-state index contributed by atoms with van der Waals surface area (Å²) in [6.45, 7) is 2.14. The van der Waals surface area contributed by atoms with Crippen LogP contribution < -0.4 is 10.5 Å². The highest BCUT2D eigenvalue weighted by molar-refractivity contribution is 5.76. The highest BCUT2D eigenvalue weighted by Gasteiger charge is 2.27. The van der Waals surface area contributed by atoms with Crippen LogP contribution in [0.2, 0.25) is 0 Å². The molecule has 1 aliphatic carbocycles.